The number of rotatable bonds is 25. The van der Waals surface area contributed by atoms with Crippen molar-refractivity contribution in [3.8, 4) is 0 Å². The van der Waals surface area contributed by atoms with Crippen LogP contribution in [0.25, 0.3) is 0 Å². The maximum Gasteiger partial charge on any atom is 0.417 e. The summed E-state index contributed by atoms with van der Waals surface area (Å²) in [5, 5.41) is 23.7. The van der Waals surface area contributed by atoms with Crippen LogP contribution in [0.15, 0.2) is 110 Å². The van der Waals surface area contributed by atoms with E-state index in [0.29, 0.717) is 90.3 Å². The van der Waals surface area contributed by atoms with Crippen molar-refractivity contribution < 1.29 is 59.4 Å². The van der Waals surface area contributed by atoms with E-state index in [0.717, 1.165) is 282 Å². The Morgan fingerprint density at radius 3 is 1.20 bits per heavy atom. The lowest BCUT2D eigenvalue weighted by Crippen LogP contribution is -2.52. The largest absolute Gasteiger partial charge is 0.417 e. The van der Waals surface area contributed by atoms with Crippen LogP contribution in [0, 0.1) is 34.6 Å². The number of anilines is 1. The number of aromatic nitrogens is 8. The van der Waals surface area contributed by atoms with Crippen LogP contribution in [0.3, 0.4) is 0 Å². The molecule has 0 spiro atoms. The van der Waals surface area contributed by atoms with E-state index in [1.54, 1.807) is 39.2 Å². The fourth-order valence-electron chi connectivity index (χ4n) is 21.5. The van der Waals surface area contributed by atoms with Gasteiger partial charge in [0.25, 0.3) is 23.6 Å². The number of carbonyl (C=O) groups is 4. The third-order valence-electron chi connectivity index (χ3n) is 30.8. The fourth-order valence-corrected chi connectivity index (χ4v) is 23.9. The molecule has 141 heavy (non-hydrogen) atoms. The van der Waals surface area contributed by atoms with E-state index in [4.69, 9.17) is 34.8 Å². The number of carbonyl (C=O) groups excluding carboxylic acids is 4. The standard InChI is InChI=1S/C27H36ClF3N6O3S.C26H36ClN5O3S.C26H34N4O2.C25H33ClN4O2/c1-4-41(39,40)35(3)20-7-11-36(12-8-20)21-9-13-37(14-10-21)26(38)24-18(2)25(34-17-33-24)32-16-19-5-6-22(23(28)15-19)27(29,30)31;1-19-24(9-6-20-4-7-21(27)8-5-20)28-18-29-25(19)26(33)32-16-12-23(13-17-32)31-14-10-22(11-15-31)30(2)36(3,34)35;1-18-24(7-6-20-16-19-4-2-3-5-23(19)20)27-17-28-25(18)26(32)30-12-8-21(9-13-30)29-14-10-22(31)11-15-29;1-17-3-4-19(15-22(17)26)5-6-23-18(2)24(28-16-27-23)25(32)30-11-7-20(8-12-30)29-13-9-21(31)10-14-29/h5-6,15,17,20-21H,4,7-14,16H2,1-3H3,(H,32,33,34);4-5,7-8,18,22-23H,6,9-17H2,1-3H3;2-5,17,20-22,31H,6-16H2,1H3;3-4,15-16,20-21,31H,5-14H2,1-2H3. The van der Waals surface area contributed by atoms with Gasteiger partial charge in [0.05, 0.1) is 34.8 Å². The molecule has 3 N–H and O–H groups in total. The van der Waals surface area contributed by atoms with Crippen molar-refractivity contribution in [1.29, 1.82) is 0 Å². The summed E-state index contributed by atoms with van der Waals surface area (Å²) in [5.74, 6) is 0.989. The number of benzene rings is 4. The van der Waals surface area contributed by atoms with Crippen molar-refractivity contribution in [2.24, 2.45) is 0 Å². The van der Waals surface area contributed by atoms with Crippen molar-refractivity contribution in [2.75, 3.05) is 136 Å². The molecule has 8 fully saturated rings. The second kappa shape index (κ2) is 49.3. The van der Waals surface area contributed by atoms with Crippen LogP contribution < -0.4 is 5.32 Å². The van der Waals surface area contributed by atoms with E-state index in [2.05, 4.69) is 95.1 Å². The van der Waals surface area contributed by atoms with Gasteiger partial charge < -0.3 is 54.7 Å². The number of fused-ring (bicyclic) bond motifs is 1. The Balaban J connectivity index is 0.000000150. The first-order valence-electron chi connectivity index (χ1n) is 50.2. The van der Waals surface area contributed by atoms with Gasteiger partial charge in [-0.1, -0.05) is 89.4 Å². The minimum atomic E-state index is -4.52. The minimum Gasteiger partial charge on any atom is -0.393 e. The van der Waals surface area contributed by atoms with Gasteiger partial charge in [0.15, 0.2) is 0 Å². The number of likely N-dealkylation sites (tertiary alicyclic amines) is 8. The Morgan fingerprint density at radius 1 is 0.433 bits per heavy atom. The third kappa shape index (κ3) is 28.1. The van der Waals surface area contributed by atoms with Crippen molar-refractivity contribution >= 4 is 84.3 Å². The first-order valence-corrected chi connectivity index (χ1v) is 54.8. The van der Waals surface area contributed by atoms with E-state index in [1.165, 1.54) is 68.2 Å². The summed E-state index contributed by atoms with van der Waals surface area (Å²) in [6.07, 6.45) is 22.8. The van der Waals surface area contributed by atoms with E-state index >= 15 is 0 Å². The Hall–Kier alpha value is -8.88. The van der Waals surface area contributed by atoms with Crippen LogP contribution in [0.5, 0.6) is 0 Å². The van der Waals surface area contributed by atoms with Gasteiger partial charge in [-0.3, -0.25) is 19.2 Å². The molecule has 4 aromatic heterocycles. The summed E-state index contributed by atoms with van der Waals surface area (Å²) in [4.78, 5) is 106. The number of nitrogens with one attached hydrogen (secondary N) is 1. The van der Waals surface area contributed by atoms with Gasteiger partial charge in [-0.05, 0) is 285 Å². The van der Waals surface area contributed by atoms with Gasteiger partial charge in [0.1, 0.15) is 53.9 Å². The van der Waals surface area contributed by atoms with Gasteiger partial charge in [0.2, 0.25) is 20.0 Å². The summed E-state index contributed by atoms with van der Waals surface area (Å²) in [5.41, 5.74) is 14.0. The van der Waals surface area contributed by atoms with E-state index in [-0.39, 0.29) is 70.9 Å². The molecule has 0 bridgehead atoms. The molecular weight excluding hydrogens is 1900 g/mol. The predicted molar refractivity (Wildman–Crippen MR) is 543 cm³/mol. The Labute approximate surface area is 844 Å². The molecule has 0 saturated carbocycles. The molecule has 0 radical (unpaired) electrons. The number of hydrogen-bond donors (Lipinski definition) is 3. The van der Waals surface area contributed by atoms with Crippen molar-refractivity contribution in [1.82, 2.24) is 87.7 Å². The first kappa shape index (κ1) is 108. The Morgan fingerprint density at radius 2 is 0.801 bits per heavy atom. The Kier molecular flexibility index (Phi) is 37.7. The number of aryl methyl sites for hydroxylation is 6. The molecule has 8 saturated heterocycles. The summed E-state index contributed by atoms with van der Waals surface area (Å²) in [6, 6.07) is 28.1. The lowest BCUT2D eigenvalue weighted by molar-refractivity contribution is -0.137. The maximum absolute atomic E-state index is 13.4. The molecule has 1 unspecified atom stereocenters. The number of hydrogen-bond acceptors (Lipinski definition) is 23. The van der Waals surface area contributed by atoms with Crippen LogP contribution in [0.2, 0.25) is 15.1 Å². The van der Waals surface area contributed by atoms with Crippen LogP contribution in [-0.4, -0.2) is 318 Å². The Bertz CT molecular complexity index is 5820. The summed E-state index contributed by atoms with van der Waals surface area (Å²) < 4.78 is 90.1. The van der Waals surface area contributed by atoms with Gasteiger partial charge in [-0.2, -0.15) is 13.2 Å². The second-order valence-corrected chi connectivity index (χ2v) is 45.1. The molecule has 37 heteroatoms. The fraction of sp³-hybridized carbons (Fsp3) is 0.577. The lowest BCUT2D eigenvalue weighted by Gasteiger charge is -2.43. The maximum atomic E-state index is 13.4. The van der Waals surface area contributed by atoms with E-state index in [1.807, 2.05) is 78.8 Å². The number of aliphatic hydroxyl groups is 2. The summed E-state index contributed by atoms with van der Waals surface area (Å²) in [7, 11) is -3.01. The SMILES string of the molecule is CCS(=O)(=O)N(C)C1CCN(C2CCN(C(=O)c3ncnc(NCc4ccc(C(F)(F)F)c(Cl)c4)c3C)CC2)CC1.Cc1c(CCC2Cc3ccccc32)ncnc1C(=O)N1CCC(N2CCC(O)CC2)CC1.Cc1c(CCc2ccc(Cl)cc2)ncnc1C(=O)N1CCC(N2CCC(N(C)S(C)(=O)=O)CC2)CC1.Cc1ccc(CCc2ncnc(C(=O)N3CCC(N4CCC(O)CC4)CC3)c2C)cc1Cl. The van der Waals surface area contributed by atoms with Gasteiger partial charge in [-0.25, -0.2) is 65.3 Å². The first-order chi connectivity index (χ1) is 67.5. The zero-order chi connectivity index (χ0) is 101. The van der Waals surface area contributed by atoms with Crippen LogP contribution in [0.4, 0.5) is 19.0 Å². The molecule has 4 aromatic carbocycles. The van der Waals surface area contributed by atoms with E-state index < -0.39 is 31.8 Å². The molecule has 8 aliphatic heterocycles. The van der Waals surface area contributed by atoms with Crippen molar-refractivity contribution in [2.45, 2.75) is 256 Å². The molecule has 1 atom stereocenters. The van der Waals surface area contributed by atoms with Crippen LogP contribution >= 0.6 is 34.8 Å². The number of amides is 4. The average molecular weight is 2040 g/mol. The average Bonchev–Trinajstić information content (AvgIpc) is 0.779. The summed E-state index contributed by atoms with van der Waals surface area (Å²) >= 11 is 18.1. The molecule has 1 aliphatic carbocycles. The van der Waals surface area contributed by atoms with Gasteiger partial charge >= 0.3 is 6.18 Å². The van der Waals surface area contributed by atoms with Gasteiger partial charge in [-0.15, -0.1) is 0 Å². The highest BCUT2D eigenvalue weighted by Gasteiger charge is 2.40. The number of aliphatic hydroxyl groups excluding tert-OH is 2. The normalized spacial score (nSPS) is 19.4. The number of nitrogens with zero attached hydrogens (tertiary/aromatic N) is 18. The molecular formula is C104H139Cl3F3N19O10S2. The highest BCUT2D eigenvalue weighted by molar-refractivity contribution is 7.89. The molecule has 12 heterocycles. The second-order valence-electron chi connectivity index (χ2n) is 39.4. The minimum absolute atomic E-state index is 0.0112. The molecule has 9 aliphatic rings. The molecule has 8 aromatic rings. The third-order valence-corrected chi connectivity index (χ3v) is 35.0. The van der Waals surface area contributed by atoms with Crippen molar-refractivity contribution in [3.05, 3.63) is 226 Å². The zero-order valence-corrected chi connectivity index (χ0v) is 86.8. The summed E-state index contributed by atoms with van der Waals surface area (Å²) in [6.45, 7) is 24.4. The van der Waals surface area contributed by atoms with Crippen LogP contribution in [0.1, 0.15) is 242 Å². The van der Waals surface area contributed by atoms with Gasteiger partial charge in [0, 0.05) is 185 Å². The quantitative estimate of drug-likeness (QED) is 0.0478. The smallest absolute Gasteiger partial charge is 0.393 e. The predicted octanol–water partition coefficient (Wildman–Crippen LogP) is 14.3. The molecule has 764 valence electrons. The van der Waals surface area contributed by atoms with Crippen LogP contribution in [-0.2, 0) is 71.3 Å². The molecule has 29 nitrogen and oxygen atoms in total. The monoisotopic (exact) mass is 2040 g/mol. The highest BCUT2D eigenvalue weighted by atomic mass is 35.5. The number of sulfonamides is 2. The highest BCUT2D eigenvalue weighted by Crippen LogP contribution is 2.40. The topological polar surface area (TPSA) is 325 Å². The molecule has 17 rings (SSSR count). The zero-order valence-electron chi connectivity index (χ0n) is 82.9. The van der Waals surface area contributed by atoms with E-state index in [9.17, 15) is 59.4 Å². The van der Waals surface area contributed by atoms with Crippen molar-refractivity contribution in [3.63, 3.8) is 0 Å². The number of alkyl halides is 3. The number of piperidine rings is 8. The molecule has 4 amide bonds. The number of halogens is 6. The lowest BCUT2D eigenvalue weighted by atomic mass is 9.75.